The van der Waals surface area contributed by atoms with Gasteiger partial charge < -0.3 is 15.4 Å². The highest BCUT2D eigenvalue weighted by Crippen LogP contribution is 2.17. The molecule has 0 atom stereocenters. The minimum absolute atomic E-state index is 0. The molecule has 0 aliphatic heterocycles. The molecule has 1 rings (SSSR count). The van der Waals surface area contributed by atoms with Crippen molar-refractivity contribution in [3.05, 3.63) is 0 Å². The first kappa shape index (κ1) is 20.9. The fourth-order valence-electron chi connectivity index (χ4n) is 2.19. The van der Waals surface area contributed by atoms with Crippen molar-refractivity contribution in [3.63, 3.8) is 0 Å². The van der Waals surface area contributed by atoms with Crippen LogP contribution in [0.2, 0.25) is 0 Å². The SMILES string of the molecule is CN=C(NCCOCCS(C)(=O)=O)NC1CCCCC1.I. The van der Waals surface area contributed by atoms with E-state index in [1.165, 1.54) is 38.4 Å². The smallest absolute Gasteiger partial charge is 0.191 e. The van der Waals surface area contributed by atoms with Gasteiger partial charge in [-0.2, -0.15) is 0 Å². The summed E-state index contributed by atoms with van der Waals surface area (Å²) in [6.07, 6.45) is 7.51. The fourth-order valence-corrected chi connectivity index (χ4v) is 2.61. The molecule has 6 nitrogen and oxygen atoms in total. The predicted octanol–water partition coefficient (Wildman–Crippen LogP) is 1.16. The van der Waals surface area contributed by atoms with Crippen molar-refractivity contribution in [1.82, 2.24) is 10.6 Å². The van der Waals surface area contributed by atoms with Gasteiger partial charge >= 0.3 is 0 Å². The molecular weight excluding hydrogens is 405 g/mol. The summed E-state index contributed by atoms with van der Waals surface area (Å²) in [6.45, 7) is 1.34. The van der Waals surface area contributed by atoms with E-state index in [0.29, 0.717) is 19.2 Å². The van der Waals surface area contributed by atoms with Gasteiger partial charge in [0, 0.05) is 25.9 Å². The van der Waals surface area contributed by atoms with Gasteiger partial charge in [-0.15, -0.1) is 24.0 Å². The average molecular weight is 433 g/mol. The lowest BCUT2D eigenvalue weighted by atomic mass is 9.96. The highest BCUT2D eigenvalue weighted by atomic mass is 127. The summed E-state index contributed by atoms with van der Waals surface area (Å²) in [5, 5.41) is 6.59. The average Bonchev–Trinajstić information content (AvgIpc) is 2.41. The first-order chi connectivity index (χ1) is 9.51. The van der Waals surface area contributed by atoms with Gasteiger partial charge in [0.1, 0.15) is 9.84 Å². The molecule has 0 aromatic heterocycles. The van der Waals surface area contributed by atoms with Crippen molar-refractivity contribution in [2.45, 2.75) is 38.1 Å². The Morgan fingerprint density at radius 3 is 2.48 bits per heavy atom. The van der Waals surface area contributed by atoms with Crippen LogP contribution in [-0.4, -0.2) is 59.2 Å². The molecule has 1 aliphatic carbocycles. The van der Waals surface area contributed by atoms with E-state index in [9.17, 15) is 8.42 Å². The number of hydrogen-bond acceptors (Lipinski definition) is 4. The molecule has 0 saturated heterocycles. The topological polar surface area (TPSA) is 79.8 Å². The van der Waals surface area contributed by atoms with Crippen LogP contribution < -0.4 is 10.6 Å². The number of aliphatic imine (C=N–C) groups is 1. The Morgan fingerprint density at radius 1 is 1.24 bits per heavy atom. The van der Waals surface area contributed by atoms with Gasteiger partial charge in [0.2, 0.25) is 0 Å². The van der Waals surface area contributed by atoms with E-state index >= 15 is 0 Å². The first-order valence-electron chi connectivity index (χ1n) is 7.24. The minimum Gasteiger partial charge on any atom is -0.379 e. The molecule has 0 unspecified atom stereocenters. The van der Waals surface area contributed by atoms with Crippen LogP contribution >= 0.6 is 24.0 Å². The van der Waals surface area contributed by atoms with Crippen LogP contribution in [0.3, 0.4) is 0 Å². The second-order valence-electron chi connectivity index (χ2n) is 5.22. The second-order valence-corrected chi connectivity index (χ2v) is 7.48. The zero-order chi connectivity index (χ0) is 14.8. The van der Waals surface area contributed by atoms with Crippen LogP contribution in [0.25, 0.3) is 0 Å². The summed E-state index contributed by atoms with van der Waals surface area (Å²) in [6, 6.07) is 0.515. The zero-order valence-corrected chi connectivity index (χ0v) is 16.1. The van der Waals surface area contributed by atoms with E-state index in [2.05, 4.69) is 15.6 Å². The van der Waals surface area contributed by atoms with Crippen molar-refractivity contribution in [3.8, 4) is 0 Å². The van der Waals surface area contributed by atoms with Crippen LogP contribution in [0.1, 0.15) is 32.1 Å². The van der Waals surface area contributed by atoms with Gasteiger partial charge in [-0.3, -0.25) is 4.99 Å². The van der Waals surface area contributed by atoms with Crippen molar-refractivity contribution >= 4 is 39.8 Å². The maximum absolute atomic E-state index is 10.9. The third-order valence-electron chi connectivity index (χ3n) is 3.31. The Bertz CT molecular complexity index is 395. The molecule has 8 heteroatoms. The number of halogens is 1. The Kier molecular flexibility index (Phi) is 11.4. The molecular formula is C13H28IN3O3S. The molecule has 0 radical (unpaired) electrons. The lowest BCUT2D eigenvalue weighted by molar-refractivity contribution is 0.154. The number of ether oxygens (including phenoxy) is 1. The standard InChI is InChI=1S/C13H27N3O3S.HI/c1-14-13(16-12-6-4-3-5-7-12)15-8-9-19-10-11-20(2,17)18;/h12H,3-11H2,1-2H3,(H2,14,15,16);1H. The second kappa shape index (κ2) is 11.5. The maximum atomic E-state index is 10.9. The Morgan fingerprint density at radius 2 is 1.90 bits per heavy atom. The molecule has 21 heavy (non-hydrogen) atoms. The van der Waals surface area contributed by atoms with Crippen LogP contribution in [0, 0.1) is 0 Å². The van der Waals surface area contributed by atoms with E-state index < -0.39 is 9.84 Å². The van der Waals surface area contributed by atoms with Gasteiger partial charge in [0.15, 0.2) is 5.96 Å². The van der Waals surface area contributed by atoms with Crippen molar-refractivity contribution < 1.29 is 13.2 Å². The molecule has 2 N–H and O–H groups in total. The quantitative estimate of drug-likeness (QED) is 0.273. The lowest BCUT2D eigenvalue weighted by Gasteiger charge is -2.24. The van der Waals surface area contributed by atoms with E-state index in [1.807, 2.05) is 0 Å². The van der Waals surface area contributed by atoms with E-state index in [0.717, 1.165) is 5.96 Å². The molecule has 1 saturated carbocycles. The van der Waals surface area contributed by atoms with Crippen molar-refractivity contribution in [2.75, 3.05) is 38.8 Å². The zero-order valence-electron chi connectivity index (χ0n) is 12.9. The van der Waals surface area contributed by atoms with E-state index in [-0.39, 0.29) is 36.3 Å². The summed E-state index contributed by atoms with van der Waals surface area (Å²) in [5.41, 5.74) is 0. The molecule has 0 spiro atoms. The Balaban J connectivity index is 0.00000400. The van der Waals surface area contributed by atoms with Gasteiger partial charge in [-0.25, -0.2) is 8.42 Å². The number of rotatable bonds is 7. The molecule has 0 aromatic rings. The van der Waals surface area contributed by atoms with Crippen LogP contribution in [0.4, 0.5) is 0 Å². The van der Waals surface area contributed by atoms with E-state index in [4.69, 9.17) is 4.74 Å². The monoisotopic (exact) mass is 433 g/mol. The Hall–Kier alpha value is -0.0900. The van der Waals surface area contributed by atoms with Gasteiger partial charge in [-0.05, 0) is 12.8 Å². The number of guanidine groups is 1. The van der Waals surface area contributed by atoms with Crippen molar-refractivity contribution in [1.29, 1.82) is 0 Å². The summed E-state index contributed by atoms with van der Waals surface area (Å²) < 4.78 is 27.1. The fraction of sp³-hybridized carbons (Fsp3) is 0.923. The summed E-state index contributed by atoms with van der Waals surface area (Å²) in [4.78, 5) is 4.18. The summed E-state index contributed by atoms with van der Waals surface area (Å²) in [5.74, 6) is 0.866. The van der Waals surface area contributed by atoms with Crippen molar-refractivity contribution in [2.24, 2.45) is 4.99 Å². The molecule has 1 fully saturated rings. The third-order valence-corrected chi connectivity index (χ3v) is 4.22. The molecule has 1 aliphatic rings. The largest absolute Gasteiger partial charge is 0.379 e. The van der Waals surface area contributed by atoms with Crippen LogP contribution in [-0.2, 0) is 14.6 Å². The maximum Gasteiger partial charge on any atom is 0.191 e. The van der Waals surface area contributed by atoms with Gasteiger partial charge in [0.05, 0.1) is 19.0 Å². The van der Waals surface area contributed by atoms with Gasteiger partial charge in [0.25, 0.3) is 0 Å². The van der Waals surface area contributed by atoms with Gasteiger partial charge in [-0.1, -0.05) is 19.3 Å². The van der Waals surface area contributed by atoms with E-state index in [1.54, 1.807) is 7.05 Å². The third kappa shape index (κ3) is 11.2. The number of hydrogen-bond donors (Lipinski definition) is 2. The lowest BCUT2D eigenvalue weighted by Crippen LogP contribution is -2.45. The molecule has 0 heterocycles. The number of nitrogens with zero attached hydrogens (tertiary/aromatic N) is 1. The normalized spacial score (nSPS) is 17.1. The Labute approximate surface area is 145 Å². The highest BCUT2D eigenvalue weighted by molar-refractivity contribution is 14.0. The summed E-state index contributed by atoms with van der Waals surface area (Å²) in [7, 11) is -1.18. The minimum atomic E-state index is -2.93. The first-order valence-corrected chi connectivity index (χ1v) is 9.30. The van der Waals surface area contributed by atoms with Crippen LogP contribution in [0.15, 0.2) is 4.99 Å². The predicted molar refractivity (Wildman–Crippen MR) is 97.3 cm³/mol. The molecule has 0 bridgehead atoms. The number of sulfone groups is 1. The highest BCUT2D eigenvalue weighted by Gasteiger charge is 2.14. The summed E-state index contributed by atoms with van der Waals surface area (Å²) >= 11 is 0. The molecule has 126 valence electrons. The molecule has 0 amide bonds. The molecule has 0 aromatic carbocycles. The van der Waals surface area contributed by atoms with Crippen LogP contribution in [0.5, 0.6) is 0 Å². The number of nitrogens with one attached hydrogen (secondary N) is 2.